The molecule has 5 heteroatoms. The van der Waals surface area contributed by atoms with Gasteiger partial charge in [-0.1, -0.05) is 26.2 Å². The molecule has 0 spiro atoms. The van der Waals surface area contributed by atoms with Gasteiger partial charge in [0.05, 0.1) is 5.92 Å². The summed E-state index contributed by atoms with van der Waals surface area (Å²) in [7, 11) is 0. The Kier molecular flexibility index (Phi) is 6.53. The number of halogens is 3. The quantitative estimate of drug-likeness (QED) is 0.662. The van der Waals surface area contributed by atoms with E-state index in [2.05, 4.69) is 0 Å². The summed E-state index contributed by atoms with van der Waals surface area (Å²) in [6.45, 7) is 1.78. The summed E-state index contributed by atoms with van der Waals surface area (Å²) in [6, 6.07) is 0. The summed E-state index contributed by atoms with van der Waals surface area (Å²) < 4.78 is 38.8. The number of carbonyl (C=O) groups excluding carboxylic acids is 1. The smallest absolute Gasteiger partial charge is 0.303 e. The molecule has 0 aromatic rings. The van der Waals surface area contributed by atoms with Crippen LogP contribution in [-0.2, 0) is 4.79 Å². The highest BCUT2D eigenvalue weighted by Gasteiger charge is 2.44. The SMILES string of the molecule is CCC(SC1CCCCC1)C(CC=O)C(F)(F)F. The van der Waals surface area contributed by atoms with E-state index in [1.54, 1.807) is 6.92 Å². The van der Waals surface area contributed by atoms with Gasteiger partial charge in [-0.2, -0.15) is 24.9 Å². The van der Waals surface area contributed by atoms with Crippen molar-refractivity contribution >= 4 is 18.0 Å². The highest BCUT2D eigenvalue weighted by Crippen LogP contribution is 2.42. The Balaban J connectivity index is 2.62. The van der Waals surface area contributed by atoms with Gasteiger partial charge in [0.2, 0.25) is 0 Å². The minimum atomic E-state index is -4.26. The van der Waals surface area contributed by atoms with E-state index in [1.165, 1.54) is 18.2 Å². The Labute approximate surface area is 111 Å². The van der Waals surface area contributed by atoms with Crippen LogP contribution in [0.5, 0.6) is 0 Å². The molecule has 0 radical (unpaired) electrons. The lowest BCUT2D eigenvalue weighted by Crippen LogP contribution is -2.34. The molecule has 106 valence electrons. The molecule has 0 aromatic heterocycles. The Morgan fingerprint density at radius 3 is 2.33 bits per heavy atom. The second kappa shape index (κ2) is 7.41. The first-order valence-electron chi connectivity index (χ1n) is 6.64. The van der Waals surface area contributed by atoms with Crippen molar-refractivity contribution in [2.45, 2.75) is 68.5 Å². The van der Waals surface area contributed by atoms with Crippen molar-refractivity contribution in [2.24, 2.45) is 5.92 Å². The van der Waals surface area contributed by atoms with E-state index in [0.717, 1.165) is 25.7 Å². The van der Waals surface area contributed by atoms with Gasteiger partial charge < -0.3 is 4.79 Å². The third-order valence-electron chi connectivity index (χ3n) is 3.54. The Hall–Kier alpha value is -0.190. The predicted octanol–water partition coefficient (Wildman–Crippen LogP) is 4.60. The molecule has 1 fully saturated rings. The molecule has 1 rings (SSSR count). The van der Waals surface area contributed by atoms with Crippen molar-refractivity contribution < 1.29 is 18.0 Å². The minimum absolute atomic E-state index is 0.347. The first-order chi connectivity index (χ1) is 8.49. The molecule has 0 amide bonds. The molecule has 2 unspecified atom stereocenters. The van der Waals surface area contributed by atoms with Gasteiger partial charge in [0, 0.05) is 16.9 Å². The maximum Gasteiger partial charge on any atom is 0.393 e. The zero-order chi connectivity index (χ0) is 13.6. The molecule has 0 heterocycles. The van der Waals surface area contributed by atoms with Crippen LogP contribution in [0.2, 0.25) is 0 Å². The van der Waals surface area contributed by atoms with E-state index in [1.807, 2.05) is 0 Å². The van der Waals surface area contributed by atoms with Gasteiger partial charge in [-0.3, -0.25) is 0 Å². The lowest BCUT2D eigenvalue weighted by Gasteiger charge is -2.31. The third kappa shape index (κ3) is 4.82. The van der Waals surface area contributed by atoms with E-state index in [0.29, 0.717) is 18.0 Å². The maximum atomic E-state index is 12.9. The van der Waals surface area contributed by atoms with Gasteiger partial charge in [0.25, 0.3) is 0 Å². The zero-order valence-corrected chi connectivity index (χ0v) is 11.5. The van der Waals surface area contributed by atoms with Crippen molar-refractivity contribution in [3.63, 3.8) is 0 Å². The van der Waals surface area contributed by atoms with Gasteiger partial charge >= 0.3 is 6.18 Å². The highest BCUT2D eigenvalue weighted by atomic mass is 32.2. The van der Waals surface area contributed by atoms with Gasteiger partial charge in [-0.25, -0.2) is 0 Å². The van der Waals surface area contributed by atoms with Crippen LogP contribution in [0.3, 0.4) is 0 Å². The van der Waals surface area contributed by atoms with Crippen LogP contribution in [-0.4, -0.2) is 23.0 Å². The molecule has 1 saturated carbocycles. The number of alkyl halides is 3. The number of hydrogen-bond acceptors (Lipinski definition) is 2. The van der Waals surface area contributed by atoms with Crippen molar-refractivity contribution in [1.29, 1.82) is 0 Å². The molecule has 1 nitrogen and oxygen atoms in total. The van der Waals surface area contributed by atoms with Gasteiger partial charge in [0.1, 0.15) is 6.29 Å². The van der Waals surface area contributed by atoms with Crippen LogP contribution in [0.15, 0.2) is 0 Å². The molecular weight excluding hydrogens is 261 g/mol. The molecule has 1 aliphatic carbocycles. The monoisotopic (exact) mass is 282 g/mol. The highest BCUT2D eigenvalue weighted by molar-refractivity contribution is 8.00. The summed E-state index contributed by atoms with van der Waals surface area (Å²) >= 11 is 1.46. The van der Waals surface area contributed by atoms with Crippen LogP contribution >= 0.6 is 11.8 Å². The van der Waals surface area contributed by atoms with Crippen molar-refractivity contribution in [2.75, 3.05) is 0 Å². The van der Waals surface area contributed by atoms with Crippen LogP contribution in [0.1, 0.15) is 51.9 Å². The van der Waals surface area contributed by atoms with E-state index in [4.69, 9.17) is 0 Å². The average molecular weight is 282 g/mol. The van der Waals surface area contributed by atoms with Gasteiger partial charge in [0.15, 0.2) is 0 Å². The largest absolute Gasteiger partial charge is 0.393 e. The van der Waals surface area contributed by atoms with Gasteiger partial charge in [-0.05, 0) is 19.3 Å². The summed E-state index contributed by atoms with van der Waals surface area (Å²) in [6.07, 6.45) is 1.70. The van der Waals surface area contributed by atoms with Crippen molar-refractivity contribution in [1.82, 2.24) is 0 Å². The lowest BCUT2D eigenvalue weighted by molar-refractivity contribution is -0.176. The first kappa shape index (κ1) is 15.9. The number of hydrogen-bond donors (Lipinski definition) is 0. The van der Waals surface area contributed by atoms with Crippen molar-refractivity contribution in [3.05, 3.63) is 0 Å². The molecule has 0 bridgehead atoms. The fraction of sp³-hybridized carbons (Fsp3) is 0.923. The van der Waals surface area contributed by atoms with E-state index < -0.39 is 23.8 Å². The summed E-state index contributed by atoms with van der Waals surface area (Å²) in [4.78, 5) is 10.5. The summed E-state index contributed by atoms with van der Waals surface area (Å²) in [5.41, 5.74) is 0. The van der Waals surface area contributed by atoms with Crippen molar-refractivity contribution in [3.8, 4) is 0 Å². The van der Waals surface area contributed by atoms with E-state index >= 15 is 0 Å². The second-order valence-electron chi connectivity index (χ2n) is 4.89. The first-order valence-corrected chi connectivity index (χ1v) is 7.59. The minimum Gasteiger partial charge on any atom is -0.303 e. The third-order valence-corrected chi connectivity index (χ3v) is 5.41. The molecule has 0 aromatic carbocycles. The molecule has 0 saturated heterocycles. The summed E-state index contributed by atoms with van der Waals surface area (Å²) in [5.74, 6) is -1.48. The van der Waals surface area contributed by atoms with Crippen LogP contribution < -0.4 is 0 Å². The Bertz CT molecular complexity index is 249. The second-order valence-corrected chi connectivity index (χ2v) is 6.44. The fourth-order valence-electron chi connectivity index (χ4n) is 2.52. The summed E-state index contributed by atoms with van der Waals surface area (Å²) in [5, 5.41) is -0.126. The number of thioether (sulfide) groups is 1. The van der Waals surface area contributed by atoms with E-state index in [-0.39, 0.29) is 0 Å². The van der Waals surface area contributed by atoms with Gasteiger partial charge in [-0.15, -0.1) is 0 Å². The van der Waals surface area contributed by atoms with E-state index in [9.17, 15) is 18.0 Å². The standard InChI is InChI=1S/C13H21F3OS/c1-2-12(11(8-9-17)13(14,15)16)18-10-6-4-3-5-7-10/h9-12H,2-8H2,1H3. The average Bonchev–Trinajstić information content (AvgIpc) is 2.33. The normalized spacial score (nSPS) is 21.6. The van der Waals surface area contributed by atoms with Crippen LogP contribution in [0.4, 0.5) is 13.2 Å². The maximum absolute atomic E-state index is 12.9. The topological polar surface area (TPSA) is 17.1 Å². The fourth-order valence-corrected chi connectivity index (χ4v) is 4.27. The number of aldehydes is 1. The predicted molar refractivity (Wildman–Crippen MR) is 68.8 cm³/mol. The molecule has 0 N–H and O–H groups in total. The molecule has 0 aliphatic heterocycles. The molecule has 18 heavy (non-hydrogen) atoms. The number of carbonyl (C=O) groups is 1. The zero-order valence-electron chi connectivity index (χ0n) is 10.7. The molecular formula is C13H21F3OS. The molecule has 2 atom stereocenters. The van der Waals surface area contributed by atoms with Crippen LogP contribution in [0, 0.1) is 5.92 Å². The lowest BCUT2D eigenvalue weighted by atomic mass is 9.99. The van der Waals surface area contributed by atoms with Crippen LogP contribution in [0.25, 0.3) is 0 Å². The Morgan fingerprint density at radius 2 is 1.89 bits per heavy atom. The number of rotatable bonds is 6. The Morgan fingerprint density at radius 1 is 1.28 bits per heavy atom. The molecule has 1 aliphatic rings.